The summed E-state index contributed by atoms with van der Waals surface area (Å²) < 4.78 is 6.51. The van der Waals surface area contributed by atoms with Crippen LogP contribution in [0.25, 0.3) is 33.1 Å². The molecule has 0 radical (unpaired) electrons. The van der Waals surface area contributed by atoms with E-state index in [1.54, 1.807) is 0 Å². The molecular formula is C52H39NO. The van der Waals surface area contributed by atoms with Crippen LogP contribution in [0.2, 0.25) is 0 Å². The van der Waals surface area contributed by atoms with Crippen LogP contribution in [0.1, 0.15) is 59.6 Å². The number of furan rings is 1. The smallest absolute Gasteiger partial charge is 0.137 e. The van der Waals surface area contributed by atoms with Gasteiger partial charge in [-0.3, -0.25) is 0 Å². The lowest BCUT2D eigenvalue weighted by Gasteiger charge is -2.36. The van der Waals surface area contributed by atoms with Crippen LogP contribution in [0, 0.1) is 0 Å². The molecule has 0 fully saturated rings. The zero-order valence-corrected chi connectivity index (χ0v) is 30.5. The monoisotopic (exact) mass is 693 g/mol. The number of anilines is 2. The number of allylic oxidation sites excluding steroid dienone is 3. The first-order valence-corrected chi connectivity index (χ1v) is 19.1. The Morgan fingerprint density at radius 2 is 1.20 bits per heavy atom. The number of rotatable bonds is 5. The van der Waals surface area contributed by atoms with E-state index in [9.17, 15) is 0 Å². The predicted octanol–water partition coefficient (Wildman–Crippen LogP) is 13.4. The molecule has 0 bridgehead atoms. The standard InChI is InChI=1S/C52H39NO/c1-51(2)43-24-10-6-20-38(43)41-31-30-37(33-46(41)51)53(47-27-15-29-49-50(47)42-23-9-13-28-48(42)54-49)36-19-14-18-35(32-36)52(34-16-4-3-5-17-34)44-25-11-7-21-39(44)40-22-8-12-26-45(40)52/h3-30,32-33,41H,31H2,1-2H3. The normalized spacial score (nSPS) is 17.3. The number of fused-ring (bicyclic) bond motifs is 9. The van der Waals surface area contributed by atoms with E-state index < -0.39 is 5.41 Å². The molecule has 8 aromatic rings. The SMILES string of the molecule is CC1(C)C2=CC(N(c3cccc(C4(c5ccccc5)c5ccccc5-c5ccccc54)c3)c3cccc4oc5ccccc5c34)=CCC2c2ccccc21. The molecule has 1 heterocycles. The van der Waals surface area contributed by atoms with Gasteiger partial charge in [-0.15, -0.1) is 0 Å². The van der Waals surface area contributed by atoms with Crippen LogP contribution in [-0.4, -0.2) is 0 Å². The lowest BCUT2D eigenvalue weighted by molar-refractivity contribution is 0.609. The molecule has 258 valence electrons. The molecule has 0 amide bonds. The fourth-order valence-corrected chi connectivity index (χ4v) is 10.2. The van der Waals surface area contributed by atoms with Crippen molar-refractivity contribution in [3.8, 4) is 11.1 Å². The minimum Gasteiger partial charge on any atom is -0.456 e. The maximum Gasteiger partial charge on any atom is 0.137 e. The second-order valence-corrected chi connectivity index (χ2v) is 15.6. The van der Waals surface area contributed by atoms with E-state index in [2.05, 4.69) is 201 Å². The molecule has 3 aliphatic carbocycles. The van der Waals surface area contributed by atoms with Crippen molar-refractivity contribution in [2.24, 2.45) is 0 Å². The highest BCUT2D eigenvalue weighted by Crippen LogP contribution is 2.58. The minimum atomic E-state index is -0.496. The Morgan fingerprint density at radius 3 is 2.00 bits per heavy atom. The van der Waals surface area contributed by atoms with E-state index in [0.717, 1.165) is 39.7 Å². The Morgan fingerprint density at radius 1 is 0.574 bits per heavy atom. The molecule has 2 nitrogen and oxygen atoms in total. The van der Waals surface area contributed by atoms with Crippen LogP contribution in [0.3, 0.4) is 0 Å². The van der Waals surface area contributed by atoms with E-state index in [0.29, 0.717) is 5.92 Å². The van der Waals surface area contributed by atoms with Gasteiger partial charge in [0.15, 0.2) is 0 Å². The Hall–Kier alpha value is -6.38. The molecule has 2 heteroatoms. The second-order valence-electron chi connectivity index (χ2n) is 15.6. The molecule has 1 aromatic heterocycles. The molecule has 0 saturated heterocycles. The summed E-state index contributed by atoms with van der Waals surface area (Å²) >= 11 is 0. The third-order valence-corrected chi connectivity index (χ3v) is 12.5. The first kappa shape index (κ1) is 31.2. The van der Waals surface area contributed by atoms with Crippen molar-refractivity contribution in [1.82, 2.24) is 0 Å². The fraction of sp³-hybridized carbons (Fsp3) is 0.115. The highest BCUT2D eigenvalue weighted by Gasteiger charge is 2.46. The highest BCUT2D eigenvalue weighted by atomic mass is 16.3. The number of nitrogens with zero attached hydrogens (tertiary/aromatic N) is 1. The molecule has 0 spiro atoms. The number of hydrogen-bond acceptors (Lipinski definition) is 2. The maximum atomic E-state index is 6.51. The number of para-hydroxylation sites is 1. The summed E-state index contributed by atoms with van der Waals surface area (Å²) in [7, 11) is 0. The van der Waals surface area contributed by atoms with Crippen LogP contribution >= 0.6 is 0 Å². The molecular weight excluding hydrogens is 655 g/mol. The predicted molar refractivity (Wildman–Crippen MR) is 223 cm³/mol. The summed E-state index contributed by atoms with van der Waals surface area (Å²) in [5.74, 6) is 0.381. The topological polar surface area (TPSA) is 16.4 Å². The number of hydrogen-bond donors (Lipinski definition) is 0. The molecule has 7 aromatic carbocycles. The molecule has 1 atom stereocenters. The first-order valence-electron chi connectivity index (χ1n) is 19.1. The van der Waals surface area contributed by atoms with Crippen molar-refractivity contribution >= 4 is 33.3 Å². The van der Waals surface area contributed by atoms with Gasteiger partial charge in [0.25, 0.3) is 0 Å². The van der Waals surface area contributed by atoms with Crippen LogP contribution in [0.15, 0.2) is 198 Å². The van der Waals surface area contributed by atoms with Gasteiger partial charge in [0.05, 0.1) is 16.5 Å². The molecule has 1 unspecified atom stereocenters. The summed E-state index contributed by atoms with van der Waals surface area (Å²) in [6.45, 7) is 4.79. The van der Waals surface area contributed by atoms with Crippen molar-refractivity contribution in [2.75, 3.05) is 4.90 Å². The van der Waals surface area contributed by atoms with Crippen molar-refractivity contribution < 1.29 is 4.42 Å². The zero-order chi connectivity index (χ0) is 36.0. The van der Waals surface area contributed by atoms with E-state index in [1.807, 2.05) is 0 Å². The summed E-state index contributed by atoms with van der Waals surface area (Å²) in [5, 5.41) is 2.25. The van der Waals surface area contributed by atoms with Gasteiger partial charge in [0, 0.05) is 28.1 Å². The van der Waals surface area contributed by atoms with Crippen LogP contribution in [0.5, 0.6) is 0 Å². The lowest BCUT2D eigenvalue weighted by Crippen LogP contribution is -2.29. The van der Waals surface area contributed by atoms with E-state index >= 15 is 0 Å². The summed E-state index contributed by atoms with van der Waals surface area (Å²) in [5.41, 5.74) is 16.8. The third-order valence-electron chi connectivity index (χ3n) is 12.5. The highest BCUT2D eigenvalue weighted by molar-refractivity contribution is 6.12. The summed E-state index contributed by atoms with van der Waals surface area (Å²) in [4.78, 5) is 2.50. The number of benzene rings is 7. The molecule has 11 rings (SSSR count). The average molecular weight is 694 g/mol. The third kappa shape index (κ3) is 4.23. The van der Waals surface area contributed by atoms with Gasteiger partial charge >= 0.3 is 0 Å². The van der Waals surface area contributed by atoms with E-state index in [-0.39, 0.29) is 5.41 Å². The molecule has 0 saturated carbocycles. The van der Waals surface area contributed by atoms with E-state index in [4.69, 9.17) is 4.42 Å². The first-order chi connectivity index (χ1) is 26.5. The van der Waals surface area contributed by atoms with Crippen molar-refractivity contribution in [1.29, 1.82) is 0 Å². The Labute approximate surface area is 316 Å². The molecule has 3 aliphatic rings. The van der Waals surface area contributed by atoms with Crippen molar-refractivity contribution in [3.63, 3.8) is 0 Å². The summed E-state index contributed by atoms with van der Waals surface area (Å²) in [6.07, 6.45) is 5.91. The zero-order valence-electron chi connectivity index (χ0n) is 30.5. The van der Waals surface area contributed by atoms with Crippen molar-refractivity contribution in [2.45, 2.75) is 37.0 Å². The van der Waals surface area contributed by atoms with Gasteiger partial charge in [-0.1, -0.05) is 165 Å². The largest absolute Gasteiger partial charge is 0.456 e. The fourth-order valence-electron chi connectivity index (χ4n) is 10.2. The average Bonchev–Trinajstić information content (AvgIpc) is 3.83. The van der Waals surface area contributed by atoms with Gasteiger partial charge in [0.2, 0.25) is 0 Å². The minimum absolute atomic E-state index is 0.0722. The lowest BCUT2D eigenvalue weighted by atomic mass is 9.67. The van der Waals surface area contributed by atoms with Crippen molar-refractivity contribution in [3.05, 3.63) is 227 Å². The van der Waals surface area contributed by atoms with E-state index in [1.165, 1.54) is 55.8 Å². The Bertz CT molecular complexity index is 2800. The van der Waals surface area contributed by atoms with Gasteiger partial charge < -0.3 is 9.32 Å². The van der Waals surface area contributed by atoms with Crippen LogP contribution in [-0.2, 0) is 10.8 Å². The van der Waals surface area contributed by atoms with Gasteiger partial charge in [0.1, 0.15) is 11.2 Å². The quantitative estimate of drug-likeness (QED) is 0.178. The van der Waals surface area contributed by atoms with Crippen LogP contribution < -0.4 is 4.90 Å². The van der Waals surface area contributed by atoms with Gasteiger partial charge in [-0.25, -0.2) is 0 Å². The summed E-state index contributed by atoms with van der Waals surface area (Å²) in [6, 6.07) is 62.4. The maximum absolute atomic E-state index is 6.51. The molecule has 0 N–H and O–H groups in total. The Kier molecular flexibility index (Phi) is 6.67. The molecule has 0 aliphatic heterocycles. The van der Waals surface area contributed by atoms with Gasteiger partial charge in [-0.2, -0.15) is 0 Å². The van der Waals surface area contributed by atoms with Crippen LogP contribution in [0.4, 0.5) is 11.4 Å². The molecule has 54 heavy (non-hydrogen) atoms. The Balaban J connectivity index is 1.18. The van der Waals surface area contributed by atoms with Gasteiger partial charge in [-0.05, 0) is 87.3 Å². The second kappa shape index (κ2) is 11.6.